The van der Waals surface area contributed by atoms with Crippen LogP contribution < -0.4 is 10.6 Å². The summed E-state index contributed by atoms with van der Waals surface area (Å²) in [4.78, 5) is 2.21. The Hall–Kier alpha value is -1.13. The van der Waals surface area contributed by atoms with Crippen LogP contribution >= 0.6 is 0 Å². The van der Waals surface area contributed by atoms with Gasteiger partial charge in [0.2, 0.25) is 0 Å². The summed E-state index contributed by atoms with van der Waals surface area (Å²) in [5, 5.41) is 0. The Balaban J connectivity index is 2.27. The largest absolute Gasteiger partial charge is 0.377 e. The zero-order valence-electron chi connectivity index (χ0n) is 10.2. The van der Waals surface area contributed by atoms with E-state index in [1.165, 1.54) is 6.07 Å². The number of nitrogens with two attached hydrogens (primary N) is 1. The Morgan fingerprint density at radius 1 is 1.47 bits per heavy atom. The molecule has 0 aliphatic carbocycles. The number of rotatable bonds is 3. The molecular formula is C13H19FN2O. The zero-order valence-corrected chi connectivity index (χ0v) is 10.2. The Labute approximate surface area is 101 Å². The molecule has 3 nitrogen and oxygen atoms in total. The van der Waals surface area contributed by atoms with Gasteiger partial charge in [-0.3, -0.25) is 0 Å². The van der Waals surface area contributed by atoms with Gasteiger partial charge in [-0.25, -0.2) is 4.39 Å². The predicted octanol–water partition coefficient (Wildman–Crippen LogP) is 1.90. The van der Waals surface area contributed by atoms with Gasteiger partial charge in [0.25, 0.3) is 0 Å². The lowest BCUT2D eigenvalue weighted by Crippen LogP contribution is -2.45. The summed E-state index contributed by atoms with van der Waals surface area (Å²) in [5.74, 6) is -0.218. The molecule has 1 saturated heterocycles. The van der Waals surface area contributed by atoms with E-state index in [1.54, 1.807) is 6.07 Å². The second kappa shape index (κ2) is 5.47. The first-order valence-electron chi connectivity index (χ1n) is 6.08. The maximum absolute atomic E-state index is 13.5. The fourth-order valence-electron chi connectivity index (χ4n) is 2.25. The molecule has 1 aliphatic heterocycles. The van der Waals surface area contributed by atoms with Gasteiger partial charge in [-0.15, -0.1) is 0 Å². The van der Waals surface area contributed by atoms with Crippen LogP contribution in [0.4, 0.5) is 10.1 Å². The second-order valence-electron chi connectivity index (χ2n) is 4.35. The number of halogens is 1. The van der Waals surface area contributed by atoms with Crippen LogP contribution in [-0.2, 0) is 11.3 Å². The SMILES string of the molecule is CCC1COCCN1c1cc(F)cc(CN)c1. The summed E-state index contributed by atoms with van der Waals surface area (Å²) in [7, 11) is 0. The molecule has 0 aromatic heterocycles. The van der Waals surface area contributed by atoms with Gasteiger partial charge in [-0.05, 0) is 30.2 Å². The Kier molecular flexibility index (Phi) is 3.97. The molecule has 2 N–H and O–H groups in total. The number of anilines is 1. The van der Waals surface area contributed by atoms with Crippen molar-refractivity contribution in [3.63, 3.8) is 0 Å². The topological polar surface area (TPSA) is 38.5 Å². The minimum absolute atomic E-state index is 0.218. The van der Waals surface area contributed by atoms with Crippen LogP contribution in [-0.4, -0.2) is 25.8 Å². The van der Waals surface area contributed by atoms with Crippen molar-refractivity contribution in [1.82, 2.24) is 0 Å². The Morgan fingerprint density at radius 2 is 2.29 bits per heavy atom. The van der Waals surface area contributed by atoms with Crippen molar-refractivity contribution in [2.24, 2.45) is 5.73 Å². The molecule has 1 unspecified atom stereocenters. The Bertz CT molecular complexity index is 384. The molecule has 0 amide bonds. The molecule has 0 radical (unpaired) electrons. The van der Waals surface area contributed by atoms with Crippen LogP contribution in [0.5, 0.6) is 0 Å². The quantitative estimate of drug-likeness (QED) is 0.874. The first kappa shape index (κ1) is 12.3. The first-order chi connectivity index (χ1) is 8.24. The molecule has 0 saturated carbocycles. The van der Waals surface area contributed by atoms with E-state index in [1.807, 2.05) is 6.07 Å². The number of hydrogen-bond acceptors (Lipinski definition) is 3. The molecule has 4 heteroatoms. The number of ether oxygens (including phenoxy) is 1. The van der Waals surface area contributed by atoms with E-state index in [2.05, 4.69) is 11.8 Å². The highest BCUT2D eigenvalue weighted by atomic mass is 19.1. The molecule has 1 aliphatic rings. The third-order valence-electron chi connectivity index (χ3n) is 3.21. The highest BCUT2D eigenvalue weighted by Gasteiger charge is 2.22. The van der Waals surface area contributed by atoms with E-state index in [0.29, 0.717) is 25.8 Å². The van der Waals surface area contributed by atoms with Crippen molar-refractivity contribution in [2.45, 2.75) is 25.9 Å². The van der Waals surface area contributed by atoms with Crippen molar-refractivity contribution in [3.8, 4) is 0 Å². The van der Waals surface area contributed by atoms with Gasteiger partial charge in [0.05, 0.1) is 19.3 Å². The molecule has 0 bridgehead atoms. The van der Waals surface area contributed by atoms with Gasteiger partial charge in [0.15, 0.2) is 0 Å². The first-order valence-corrected chi connectivity index (χ1v) is 6.08. The third-order valence-corrected chi connectivity index (χ3v) is 3.21. The molecule has 1 aromatic carbocycles. The molecule has 0 spiro atoms. The molecule has 1 heterocycles. The number of benzene rings is 1. The minimum Gasteiger partial charge on any atom is -0.377 e. The van der Waals surface area contributed by atoms with E-state index >= 15 is 0 Å². The lowest BCUT2D eigenvalue weighted by Gasteiger charge is -2.37. The highest BCUT2D eigenvalue weighted by molar-refractivity contribution is 5.50. The predicted molar refractivity (Wildman–Crippen MR) is 66.5 cm³/mol. The third kappa shape index (κ3) is 2.76. The maximum Gasteiger partial charge on any atom is 0.125 e. The van der Waals surface area contributed by atoms with Gasteiger partial charge in [-0.1, -0.05) is 6.92 Å². The summed E-state index contributed by atoms with van der Waals surface area (Å²) in [6.07, 6.45) is 0.995. The van der Waals surface area contributed by atoms with E-state index in [-0.39, 0.29) is 5.82 Å². The molecule has 1 aromatic rings. The van der Waals surface area contributed by atoms with Gasteiger partial charge in [0.1, 0.15) is 5.82 Å². The standard InChI is InChI=1S/C13H19FN2O/c1-2-12-9-17-4-3-16(12)13-6-10(8-15)5-11(14)7-13/h5-7,12H,2-4,8-9,15H2,1H3. The van der Waals surface area contributed by atoms with Crippen LogP contribution in [0, 0.1) is 5.82 Å². The van der Waals surface area contributed by atoms with Crippen molar-refractivity contribution in [3.05, 3.63) is 29.6 Å². The van der Waals surface area contributed by atoms with Crippen molar-refractivity contribution >= 4 is 5.69 Å². The van der Waals surface area contributed by atoms with Crippen LogP contribution in [0.15, 0.2) is 18.2 Å². The van der Waals surface area contributed by atoms with E-state index in [9.17, 15) is 4.39 Å². The number of nitrogens with zero attached hydrogens (tertiary/aromatic N) is 1. The molecule has 1 atom stereocenters. The van der Waals surface area contributed by atoms with E-state index in [4.69, 9.17) is 10.5 Å². The number of morpholine rings is 1. The zero-order chi connectivity index (χ0) is 12.3. The molecular weight excluding hydrogens is 219 g/mol. The van der Waals surface area contributed by atoms with Crippen LogP contribution in [0.1, 0.15) is 18.9 Å². The van der Waals surface area contributed by atoms with Gasteiger partial charge < -0.3 is 15.4 Å². The van der Waals surface area contributed by atoms with Crippen molar-refractivity contribution in [2.75, 3.05) is 24.7 Å². The monoisotopic (exact) mass is 238 g/mol. The van der Waals surface area contributed by atoms with Gasteiger partial charge in [-0.2, -0.15) is 0 Å². The average molecular weight is 238 g/mol. The van der Waals surface area contributed by atoms with Gasteiger partial charge in [0, 0.05) is 18.8 Å². The van der Waals surface area contributed by atoms with Crippen LogP contribution in [0.25, 0.3) is 0 Å². The lowest BCUT2D eigenvalue weighted by atomic mass is 10.1. The molecule has 2 rings (SSSR count). The minimum atomic E-state index is -0.218. The van der Waals surface area contributed by atoms with Crippen molar-refractivity contribution < 1.29 is 9.13 Å². The second-order valence-corrected chi connectivity index (χ2v) is 4.35. The van der Waals surface area contributed by atoms with E-state index < -0.39 is 0 Å². The average Bonchev–Trinajstić information content (AvgIpc) is 2.37. The smallest absolute Gasteiger partial charge is 0.125 e. The summed E-state index contributed by atoms with van der Waals surface area (Å²) >= 11 is 0. The summed E-state index contributed by atoms with van der Waals surface area (Å²) in [6, 6.07) is 5.37. The maximum atomic E-state index is 13.5. The van der Waals surface area contributed by atoms with Crippen LogP contribution in [0.3, 0.4) is 0 Å². The molecule has 94 valence electrons. The highest BCUT2D eigenvalue weighted by Crippen LogP contribution is 2.23. The number of hydrogen-bond donors (Lipinski definition) is 1. The normalized spacial score (nSPS) is 20.6. The lowest BCUT2D eigenvalue weighted by molar-refractivity contribution is 0.0929. The summed E-state index contributed by atoms with van der Waals surface area (Å²) in [6.45, 7) is 4.71. The van der Waals surface area contributed by atoms with Crippen molar-refractivity contribution in [1.29, 1.82) is 0 Å². The van der Waals surface area contributed by atoms with Crippen LogP contribution in [0.2, 0.25) is 0 Å². The fraction of sp³-hybridized carbons (Fsp3) is 0.538. The molecule has 17 heavy (non-hydrogen) atoms. The van der Waals surface area contributed by atoms with Gasteiger partial charge >= 0.3 is 0 Å². The van der Waals surface area contributed by atoms with E-state index in [0.717, 1.165) is 24.2 Å². The summed E-state index contributed by atoms with van der Waals surface area (Å²) < 4.78 is 18.9. The summed E-state index contributed by atoms with van der Waals surface area (Å²) in [5.41, 5.74) is 7.33. The Morgan fingerprint density at radius 3 is 3.00 bits per heavy atom. The fourth-order valence-corrected chi connectivity index (χ4v) is 2.25. The molecule has 1 fully saturated rings.